The molecule has 2 bridgehead atoms. The SMILES string of the molecule is C=C1[C@@H](OC(=O)C(Cc2ccccc2)N(C)C)CC[C@@]2(C)[C@@H](O)[C@H](OC(C)=O)C3=C(C)C(=O)C[C@@H]([C@@H](O)[C@H]12)C3(C)C. The van der Waals surface area contributed by atoms with E-state index < -0.39 is 59.1 Å². The molecule has 3 aliphatic rings. The second kappa shape index (κ2) is 11.5. The maximum atomic E-state index is 13.5. The van der Waals surface area contributed by atoms with Gasteiger partial charge in [0.1, 0.15) is 18.2 Å². The van der Waals surface area contributed by atoms with Crippen molar-refractivity contribution < 1.29 is 34.1 Å². The van der Waals surface area contributed by atoms with Crippen LogP contribution in [-0.2, 0) is 30.3 Å². The molecule has 0 radical (unpaired) electrons. The average molecular weight is 568 g/mol. The number of aliphatic hydroxyl groups excluding tert-OH is 2. The third-order valence-corrected chi connectivity index (χ3v) is 10.0. The van der Waals surface area contributed by atoms with E-state index in [2.05, 4.69) is 6.58 Å². The Balaban J connectivity index is 1.70. The molecule has 2 saturated carbocycles. The van der Waals surface area contributed by atoms with Crippen molar-refractivity contribution >= 4 is 17.7 Å². The predicted molar refractivity (Wildman–Crippen MR) is 155 cm³/mol. The Hall–Kier alpha value is -2.81. The van der Waals surface area contributed by atoms with Crippen molar-refractivity contribution in [2.75, 3.05) is 14.1 Å². The summed E-state index contributed by atoms with van der Waals surface area (Å²) in [5, 5.41) is 24.0. The minimum absolute atomic E-state index is 0.122. The third-order valence-electron chi connectivity index (χ3n) is 10.0. The minimum atomic E-state index is -1.22. The molecule has 1 aromatic carbocycles. The number of nitrogens with zero attached hydrogens (tertiary/aromatic N) is 1. The number of hydrogen-bond donors (Lipinski definition) is 2. The van der Waals surface area contributed by atoms with E-state index in [1.165, 1.54) is 6.92 Å². The molecule has 224 valence electrons. The number of aliphatic hydroxyl groups is 2. The van der Waals surface area contributed by atoms with Gasteiger partial charge < -0.3 is 19.7 Å². The molecule has 0 spiro atoms. The number of hydrogen-bond acceptors (Lipinski definition) is 8. The van der Waals surface area contributed by atoms with Crippen LogP contribution in [0.3, 0.4) is 0 Å². The highest BCUT2D eigenvalue weighted by molar-refractivity contribution is 5.97. The molecule has 4 rings (SSSR count). The molecule has 0 aromatic heterocycles. The van der Waals surface area contributed by atoms with Crippen LogP contribution in [0.5, 0.6) is 0 Å². The van der Waals surface area contributed by atoms with Crippen molar-refractivity contribution in [3.63, 3.8) is 0 Å². The van der Waals surface area contributed by atoms with E-state index in [-0.39, 0.29) is 18.2 Å². The van der Waals surface area contributed by atoms with Crippen molar-refractivity contribution in [1.82, 2.24) is 4.90 Å². The Bertz CT molecular complexity index is 1240. The molecule has 0 amide bonds. The summed E-state index contributed by atoms with van der Waals surface area (Å²) in [7, 11) is 3.67. The molecule has 0 aliphatic heterocycles. The van der Waals surface area contributed by atoms with Crippen molar-refractivity contribution in [2.24, 2.45) is 22.7 Å². The number of Topliss-reactive ketones (excluding diaryl/α,β-unsaturated/α-hetero) is 1. The normalized spacial score (nSPS) is 33.9. The Kier molecular flexibility index (Phi) is 8.70. The van der Waals surface area contributed by atoms with Gasteiger partial charge in [-0.1, -0.05) is 57.7 Å². The molecule has 0 heterocycles. The first-order chi connectivity index (χ1) is 19.1. The summed E-state index contributed by atoms with van der Waals surface area (Å²) in [5.41, 5.74) is 0.849. The van der Waals surface area contributed by atoms with Gasteiger partial charge in [0.05, 0.1) is 6.10 Å². The number of fused-ring (bicyclic) bond motifs is 3. The number of ether oxygens (including phenoxy) is 2. The summed E-state index contributed by atoms with van der Waals surface area (Å²) in [6.45, 7) is 13.0. The van der Waals surface area contributed by atoms with Gasteiger partial charge in [0.2, 0.25) is 0 Å². The van der Waals surface area contributed by atoms with Crippen molar-refractivity contribution in [3.05, 3.63) is 59.2 Å². The van der Waals surface area contributed by atoms with Gasteiger partial charge in [-0.2, -0.15) is 0 Å². The lowest BCUT2D eigenvalue weighted by molar-refractivity contribution is -0.181. The van der Waals surface area contributed by atoms with Crippen molar-refractivity contribution in [2.45, 2.75) is 90.8 Å². The topological polar surface area (TPSA) is 113 Å². The standard InChI is InChI=1S/C33H45NO7/c1-18-24(36)17-22-28(37)26-19(2)25(41-31(39)23(34(7)8)16-21-12-10-9-11-13-21)14-15-33(26,6)30(38)29(40-20(3)35)27(18)32(22,4)5/h9-13,22-23,25-26,28-30,37-38H,2,14-17H2,1,3-8H3/t22-,23?,25-,26-,28+,29+,30-,33+/m0/s1. The number of benzene rings is 1. The van der Waals surface area contributed by atoms with E-state index in [0.717, 1.165) is 5.56 Å². The second-order valence-electron chi connectivity index (χ2n) is 13.2. The number of carbonyl (C=O) groups is 3. The Morgan fingerprint density at radius 2 is 1.76 bits per heavy atom. The largest absolute Gasteiger partial charge is 0.457 e. The zero-order valence-electron chi connectivity index (χ0n) is 25.3. The maximum absolute atomic E-state index is 13.5. The van der Waals surface area contributed by atoms with Crippen LogP contribution in [0.4, 0.5) is 0 Å². The van der Waals surface area contributed by atoms with E-state index >= 15 is 0 Å². The van der Waals surface area contributed by atoms with Crippen LogP contribution in [0, 0.1) is 22.7 Å². The second-order valence-corrected chi connectivity index (χ2v) is 13.2. The van der Waals surface area contributed by atoms with E-state index in [9.17, 15) is 24.6 Å². The highest BCUT2D eigenvalue weighted by atomic mass is 16.6. The van der Waals surface area contributed by atoms with Gasteiger partial charge in [0.15, 0.2) is 11.9 Å². The molecule has 8 heteroatoms. The molecule has 2 fully saturated rings. The van der Waals surface area contributed by atoms with Crippen LogP contribution in [0.2, 0.25) is 0 Å². The lowest BCUT2D eigenvalue weighted by Crippen LogP contribution is -2.62. The molecule has 8 nitrogen and oxygen atoms in total. The zero-order valence-corrected chi connectivity index (χ0v) is 25.3. The highest BCUT2D eigenvalue weighted by Crippen LogP contribution is 2.59. The van der Waals surface area contributed by atoms with Gasteiger partial charge in [0, 0.05) is 30.6 Å². The van der Waals surface area contributed by atoms with Crippen molar-refractivity contribution in [3.8, 4) is 0 Å². The van der Waals surface area contributed by atoms with E-state index in [4.69, 9.17) is 9.47 Å². The summed E-state index contributed by atoms with van der Waals surface area (Å²) >= 11 is 0. The van der Waals surface area contributed by atoms with E-state index in [0.29, 0.717) is 36.0 Å². The number of ketones is 1. The Labute approximate surface area is 243 Å². The average Bonchev–Trinajstić information content (AvgIpc) is 2.89. The Morgan fingerprint density at radius 3 is 2.34 bits per heavy atom. The highest BCUT2D eigenvalue weighted by Gasteiger charge is 2.61. The smallest absolute Gasteiger partial charge is 0.324 e. The van der Waals surface area contributed by atoms with Crippen LogP contribution in [0.15, 0.2) is 53.6 Å². The van der Waals surface area contributed by atoms with Crippen LogP contribution in [0.1, 0.15) is 59.4 Å². The van der Waals surface area contributed by atoms with Crippen LogP contribution in [-0.4, -0.2) is 77.4 Å². The number of esters is 2. The fraction of sp³-hybridized carbons (Fsp3) is 0.606. The third kappa shape index (κ3) is 5.54. The molecule has 1 unspecified atom stereocenters. The van der Waals surface area contributed by atoms with Crippen LogP contribution in [0.25, 0.3) is 0 Å². The quantitative estimate of drug-likeness (QED) is 0.396. The minimum Gasteiger partial charge on any atom is -0.457 e. The summed E-state index contributed by atoms with van der Waals surface area (Å²) < 4.78 is 11.9. The Morgan fingerprint density at radius 1 is 1.12 bits per heavy atom. The van der Waals surface area contributed by atoms with Gasteiger partial charge >= 0.3 is 11.9 Å². The number of carbonyl (C=O) groups excluding carboxylic acids is 3. The molecule has 1 aromatic rings. The van der Waals surface area contributed by atoms with Crippen LogP contribution >= 0.6 is 0 Å². The van der Waals surface area contributed by atoms with E-state index in [1.54, 1.807) is 6.92 Å². The molecule has 8 atom stereocenters. The van der Waals surface area contributed by atoms with Gasteiger partial charge in [-0.15, -0.1) is 0 Å². The van der Waals surface area contributed by atoms with Gasteiger partial charge in [-0.25, -0.2) is 0 Å². The first-order valence-corrected chi connectivity index (χ1v) is 14.5. The van der Waals surface area contributed by atoms with Gasteiger partial charge in [-0.05, 0) is 68.0 Å². The monoisotopic (exact) mass is 567 g/mol. The van der Waals surface area contributed by atoms with Gasteiger partial charge in [-0.3, -0.25) is 19.3 Å². The lowest BCUT2D eigenvalue weighted by Gasteiger charge is -2.58. The number of likely N-dealkylation sites (N-methyl/N-ethyl adjacent to an activating group) is 1. The number of allylic oxidation sites excluding steroid dienone is 1. The summed E-state index contributed by atoms with van der Waals surface area (Å²) in [6.07, 6.45) is -2.60. The maximum Gasteiger partial charge on any atom is 0.324 e. The molecular formula is C33H45NO7. The van der Waals surface area contributed by atoms with Crippen molar-refractivity contribution in [1.29, 1.82) is 0 Å². The molecule has 41 heavy (non-hydrogen) atoms. The molecule has 2 N–H and O–H groups in total. The fourth-order valence-corrected chi connectivity index (χ4v) is 7.62. The summed E-state index contributed by atoms with van der Waals surface area (Å²) in [6, 6.07) is 9.21. The molecule has 0 saturated heterocycles. The lowest BCUT2D eigenvalue weighted by atomic mass is 9.49. The fourth-order valence-electron chi connectivity index (χ4n) is 7.62. The first-order valence-electron chi connectivity index (χ1n) is 14.5. The van der Waals surface area contributed by atoms with Crippen LogP contribution < -0.4 is 0 Å². The van der Waals surface area contributed by atoms with Gasteiger partial charge in [0.25, 0.3) is 0 Å². The first kappa shape index (κ1) is 31.1. The zero-order chi connectivity index (χ0) is 30.4. The summed E-state index contributed by atoms with van der Waals surface area (Å²) in [4.78, 5) is 40.8. The molecular weight excluding hydrogens is 522 g/mol. The molecule has 3 aliphatic carbocycles. The summed E-state index contributed by atoms with van der Waals surface area (Å²) in [5.74, 6) is -2.30. The number of rotatable bonds is 6. The van der Waals surface area contributed by atoms with E-state index in [1.807, 2.05) is 70.1 Å². The predicted octanol–water partition coefficient (Wildman–Crippen LogP) is 3.64.